The highest BCUT2D eigenvalue weighted by atomic mass is 16.3. The van der Waals surface area contributed by atoms with Gasteiger partial charge in [0.2, 0.25) is 0 Å². The first kappa shape index (κ1) is 12.6. The Bertz CT molecular complexity index is 348. The van der Waals surface area contributed by atoms with Gasteiger partial charge in [0.15, 0.2) is 0 Å². The average molecular weight is 237 g/mol. The molecule has 2 unspecified atom stereocenters. The van der Waals surface area contributed by atoms with Crippen molar-refractivity contribution in [2.24, 2.45) is 0 Å². The van der Waals surface area contributed by atoms with E-state index in [-0.39, 0.29) is 6.10 Å². The predicted molar refractivity (Wildman–Crippen MR) is 67.9 cm³/mol. The molecule has 0 aliphatic carbocycles. The molecule has 0 spiro atoms. The van der Waals surface area contributed by atoms with E-state index >= 15 is 0 Å². The molecule has 2 atom stereocenters. The number of hydrogen-bond acceptors (Lipinski definition) is 3. The van der Waals surface area contributed by atoms with E-state index < -0.39 is 0 Å². The Morgan fingerprint density at radius 1 is 1.53 bits per heavy atom. The van der Waals surface area contributed by atoms with Gasteiger partial charge >= 0.3 is 0 Å². The van der Waals surface area contributed by atoms with Crippen molar-refractivity contribution in [1.29, 1.82) is 0 Å². The van der Waals surface area contributed by atoms with Gasteiger partial charge in [0, 0.05) is 31.5 Å². The van der Waals surface area contributed by atoms with Gasteiger partial charge in [-0.2, -0.15) is 0 Å². The number of rotatable bonds is 5. The molecule has 0 amide bonds. The van der Waals surface area contributed by atoms with Crippen LogP contribution in [-0.4, -0.2) is 44.8 Å². The van der Waals surface area contributed by atoms with Gasteiger partial charge in [0.1, 0.15) is 5.82 Å². The summed E-state index contributed by atoms with van der Waals surface area (Å²) in [4.78, 5) is 6.74. The van der Waals surface area contributed by atoms with E-state index in [2.05, 4.69) is 14.5 Å². The topological polar surface area (TPSA) is 41.3 Å². The Morgan fingerprint density at radius 2 is 2.35 bits per heavy atom. The molecule has 2 heterocycles. The monoisotopic (exact) mass is 237 g/mol. The minimum absolute atomic E-state index is 0.185. The zero-order chi connectivity index (χ0) is 12.3. The van der Waals surface area contributed by atoms with E-state index in [1.807, 2.05) is 26.2 Å². The number of aromatic nitrogens is 2. The molecular weight excluding hydrogens is 214 g/mol. The van der Waals surface area contributed by atoms with Crippen LogP contribution in [-0.2, 0) is 6.54 Å². The van der Waals surface area contributed by atoms with Crippen molar-refractivity contribution in [2.45, 2.75) is 51.8 Å². The van der Waals surface area contributed by atoms with Crippen LogP contribution in [0.5, 0.6) is 0 Å². The van der Waals surface area contributed by atoms with Crippen molar-refractivity contribution in [3.63, 3.8) is 0 Å². The number of imidazole rings is 1. The number of hydrogen-bond donors (Lipinski definition) is 1. The summed E-state index contributed by atoms with van der Waals surface area (Å²) < 4.78 is 2.19. The molecule has 17 heavy (non-hydrogen) atoms. The molecule has 4 nitrogen and oxygen atoms in total. The van der Waals surface area contributed by atoms with Crippen molar-refractivity contribution in [1.82, 2.24) is 14.5 Å². The fraction of sp³-hybridized carbons (Fsp3) is 0.769. The SMILES string of the molecule is Cc1nccn1CCN1CCCC1CC(C)O. The minimum Gasteiger partial charge on any atom is -0.393 e. The van der Waals surface area contributed by atoms with Gasteiger partial charge in [-0.05, 0) is 39.7 Å². The number of aliphatic hydroxyl groups is 1. The van der Waals surface area contributed by atoms with Gasteiger partial charge in [0.25, 0.3) is 0 Å². The lowest BCUT2D eigenvalue weighted by Gasteiger charge is -2.25. The molecule has 2 rings (SSSR count). The molecule has 1 aromatic heterocycles. The van der Waals surface area contributed by atoms with Crippen molar-refractivity contribution in [3.8, 4) is 0 Å². The quantitative estimate of drug-likeness (QED) is 0.842. The highest BCUT2D eigenvalue weighted by Crippen LogP contribution is 2.21. The molecule has 1 aromatic rings. The molecule has 0 aromatic carbocycles. The Balaban J connectivity index is 1.84. The van der Waals surface area contributed by atoms with Crippen LogP contribution in [0.15, 0.2) is 12.4 Å². The van der Waals surface area contributed by atoms with E-state index in [1.54, 1.807) is 0 Å². The zero-order valence-corrected chi connectivity index (χ0v) is 10.8. The third-order valence-electron chi connectivity index (χ3n) is 3.66. The normalized spacial score (nSPS) is 23.1. The van der Waals surface area contributed by atoms with Gasteiger partial charge < -0.3 is 9.67 Å². The smallest absolute Gasteiger partial charge is 0.105 e. The van der Waals surface area contributed by atoms with Crippen LogP contribution in [0.3, 0.4) is 0 Å². The molecule has 4 heteroatoms. The van der Waals surface area contributed by atoms with Gasteiger partial charge in [-0.15, -0.1) is 0 Å². The van der Waals surface area contributed by atoms with Crippen molar-refractivity contribution in [2.75, 3.05) is 13.1 Å². The summed E-state index contributed by atoms with van der Waals surface area (Å²) in [6.07, 6.45) is 7.11. The zero-order valence-electron chi connectivity index (χ0n) is 10.8. The second-order valence-electron chi connectivity index (χ2n) is 5.08. The van der Waals surface area contributed by atoms with Crippen LogP contribution < -0.4 is 0 Å². The van der Waals surface area contributed by atoms with Crippen LogP contribution in [0.2, 0.25) is 0 Å². The van der Waals surface area contributed by atoms with E-state index in [4.69, 9.17) is 0 Å². The first-order valence-electron chi connectivity index (χ1n) is 6.56. The molecule has 1 fully saturated rings. The fourth-order valence-corrected chi connectivity index (χ4v) is 2.73. The maximum absolute atomic E-state index is 9.48. The Labute approximate surface area is 103 Å². The lowest BCUT2D eigenvalue weighted by molar-refractivity contribution is 0.132. The highest BCUT2D eigenvalue weighted by Gasteiger charge is 2.25. The molecule has 1 aliphatic heterocycles. The molecule has 0 radical (unpaired) electrons. The molecule has 0 bridgehead atoms. The maximum atomic E-state index is 9.48. The second-order valence-corrected chi connectivity index (χ2v) is 5.08. The Morgan fingerprint density at radius 3 is 3.00 bits per heavy atom. The Kier molecular flexibility index (Phi) is 4.18. The summed E-state index contributed by atoms with van der Waals surface area (Å²) in [6, 6.07) is 0.568. The molecule has 0 saturated carbocycles. The molecular formula is C13H23N3O. The third kappa shape index (κ3) is 3.30. The number of aryl methyl sites for hydroxylation is 1. The van der Waals surface area contributed by atoms with Gasteiger partial charge in [-0.3, -0.25) is 4.90 Å². The van der Waals surface area contributed by atoms with Crippen LogP contribution in [0.4, 0.5) is 0 Å². The summed E-state index contributed by atoms with van der Waals surface area (Å²) in [6.45, 7) is 7.16. The van der Waals surface area contributed by atoms with Gasteiger partial charge in [0.05, 0.1) is 6.10 Å². The van der Waals surface area contributed by atoms with Crippen LogP contribution >= 0.6 is 0 Å². The summed E-state index contributed by atoms with van der Waals surface area (Å²) in [7, 11) is 0. The van der Waals surface area contributed by atoms with E-state index in [9.17, 15) is 5.11 Å². The van der Waals surface area contributed by atoms with Gasteiger partial charge in [-0.1, -0.05) is 0 Å². The van der Waals surface area contributed by atoms with E-state index in [0.29, 0.717) is 6.04 Å². The number of aliphatic hydroxyl groups excluding tert-OH is 1. The predicted octanol–water partition coefficient (Wildman–Crippen LogP) is 1.43. The van der Waals surface area contributed by atoms with E-state index in [1.165, 1.54) is 19.4 Å². The molecule has 1 saturated heterocycles. The lowest BCUT2D eigenvalue weighted by Crippen LogP contribution is -2.34. The Hall–Kier alpha value is -0.870. The van der Waals surface area contributed by atoms with Crippen LogP contribution in [0, 0.1) is 6.92 Å². The summed E-state index contributed by atoms with van der Waals surface area (Å²) >= 11 is 0. The lowest BCUT2D eigenvalue weighted by atomic mass is 10.1. The van der Waals surface area contributed by atoms with Crippen LogP contribution in [0.1, 0.15) is 32.0 Å². The standard InChI is InChI=1S/C13H23N3O/c1-11(17)10-13-4-3-6-16(13)9-8-15-7-5-14-12(15)2/h5,7,11,13,17H,3-4,6,8-10H2,1-2H3. The molecule has 1 aliphatic rings. The van der Waals surface area contributed by atoms with Crippen molar-refractivity contribution in [3.05, 3.63) is 18.2 Å². The first-order valence-corrected chi connectivity index (χ1v) is 6.56. The summed E-state index contributed by atoms with van der Waals surface area (Å²) in [5, 5.41) is 9.48. The summed E-state index contributed by atoms with van der Waals surface area (Å²) in [5.41, 5.74) is 0. The van der Waals surface area contributed by atoms with Crippen molar-refractivity contribution >= 4 is 0 Å². The highest BCUT2D eigenvalue weighted by molar-refractivity contribution is 4.89. The van der Waals surface area contributed by atoms with Gasteiger partial charge in [-0.25, -0.2) is 4.98 Å². The number of nitrogens with zero attached hydrogens (tertiary/aromatic N) is 3. The average Bonchev–Trinajstić information content (AvgIpc) is 2.84. The first-order chi connectivity index (χ1) is 8.16. The fourth-order valence-electron chi connectivity index (χ4n) is 2.73. The van der Waals surface area contributed by atoms with Crippen LogP contribution in [0.25, 0.3) is 0 Å². The van der Waals surface area contributed by atoms with E-state index in [0.717, 1.165) is 25.3 Å². The minimum atomic E-state index is -0.185. The summed E-state index contributed by atoms with van der Waals surface area (Å²) in [5.74, 6) is 1.08. The number of likely N-dealkylation sites (tertiary alicyclic amines) is 1. The maximum Gasteiger partial charge on any atom is 0.105 e. The largest absolute Gasteiger partial charge is 0.393 e. The molecule has 1 N–H and O–H groups in total. The second kappa shape index (κ2) is 5.65. The third-order valence-corrected chi connectivity index (χ3v) is 3.66. The van der Waals surface area contributed by atoms with Crippen molar-refractivity contribution < 1.29 is 5.11 Å². The molecule has 96 valence electrons.